The van der Waals surface area contributed by atoms with Crippen LogP contribution in [0, 0.1) is 0 Å². The van der Waals surface area contributed by atoms with Crippen LogP contribution in [0.15, 0.2) is 0 Å². The standard InChI is InChI=1S/4C4H9.Hf/c4*1-3-4-2;/h4*3H,4H2,1-2H3;. The van der Waals surface area contributed by atoms with E-state index in [4.69, 9.17) is 0 Å². The Morgan fingerprint density at radius 2 is 0.706 bits per heavy atom. The monoisotopic (exact) mass is 408 g/mol. The molecule has 0 aromatic carbocycles. The molecule has 0 amide bonds. The van der Waals surface area contributed by atoms with Crippen molar-refractivity contribution in [3.8, 4) is 0 Å². The number of hydrogen-bond donors (Lipinski definition) is 0. The van der Waals surface area contributed by atoms with Gasteiger partial charge in [-0.15, -0.1) is 0 Å². The van der Waals surface area contributed by atoms with Gasteiger partial charge in [0.15, 0.2) is 0 Å². The minimum absolute atomic E-state index is 1.06. The molecule has 104 valence electrons. The van der Waals surface area contributed by atoms with Crippen molar-refractivity contribution in [2.75, 3.05) is 0 Å². The summed E-state index contributed by atoms with van der Waals surface area (Å²) < 4.78 is 4.23. The molecule has 0 aliphatic rings. The summed E-state index contributed by atoms with van der Waals surface area (Å²) in [5, 5.41) is 0. The Morgan fingerprint density at radius 1 is 0.529 bits per heavy atom. The van der Waals surface area contributed by atoms with Crippen molar-refractivity contribution < 1.29 is 20.0 Å². The molecule has 0 bridgehead atoms. The van der Waals surface area contributed by atoms with Gasteiger partial charge in [0.2, 0.25) is 0 Å². The van der Waals surface area contributed by atoms with Gasteiger partial charge >= 0.3 is 116 Å². The molecule has 1 heteroatoms. The van der Waals surface area contributed by atoms with Crippen LogP contribution < -0.4 is 0 Å². The summed E-state index contributed by atoms with van der Waals surface area (Å²) in [6, 6.07) is 0. The van der Waals surface area contributed by atoms with Crippen LogP contribution in [0.2, 0.25) is 14.7 Å². The molecular weight excluding hydrogens is 371 g/mol. The molecule has 0 N–H and O–H groups in total. The molecule has 0 aliphatic heterocycles. The normalized spacial score (nSPS) is 22.6. The molecule has 4 atom stereocenters. The molecule has 0 saturated carbocycles. The van der Waals surface area contributed by atoms with Crippen LogP contribution in [0.25, 0.3) is 0 Å². The SMILES string of the molecule is CC[CH](C)[Hf]([CH](C)CC)([CH](C)CC)[CH](C)CC. The Bertz CT molecular complexity index is 154. The average Bonchev–Trinajstić information content (AvgIpc) is 2.37. The quantitative estimate of drug-likeness (QED) is 0.380. The Hall–Kier alpha value is 0.870. The average molecular weight is 407 g/mol. The van der Waals surface area contributed by atoms with Crippen LogP contribution in [-0.2, 0) is 20.0 Å². The van der Waals surface area contributed by atoms with Crippen molar-refractivity contribution in [2.45, 2.75) is 95.8 Å². The van der Waals surface area contributed by atoms with Gasteiger partial charge < -0.3 is 0 Å². The first-order valence-electron chi connectivity index (χ1n) is 7.93. The van der Waals surface area contributed by atoms with E-state index in [1.165, 1.54) is 25.7 Å². The van der Waals surface area contributed by atoms with Crippen LogP contribution >= 0.6 is 0 Å². The van der Waals surface area contributed by atoms with E-state index in [0.717, 1.165) is 14.7 Å². The van der Waals surface area contributed by atoms with E-state index in [1.54, 1.807) is 0 Å². The summed E-state index contributed by atoms with van der Waals surface area (Å²) in [5.41, 5.74) is 0. The van der Waals surface area contributed by atoms with Gasteiger partial charge in [0, 0.05) is 0 Å². The second kappa shape index (κ2) is 8.12. The predicted molar refractivity (Wildman–Crippen MR) is 78.9 cm³/mol. The first kappa shape index (κ1) is 17.9. The zero-order valence-corrected chi connectivity index (χ0v) is 17.2. The van der Waals surface area contributed by atoms with E-state index in [9.17, 15) is 0 Å². The number of rotatable bonds is 8. The molecule has 0 saturated heterocycles. The van der Waals surface area contributed by atoms with Gasteiger partial charge in [-0.3, -0.25) is 0 Å². The van der Waals surface area contributed by atoms with Gasteiger partial charge in [0.1, 0.15) is 0 Å². The second-order valence-electron chi connectivity index (χ2n) is 6.24. The van der Waals surface area contributed by atoms with E-state index in [-0.39, 0.29) is 0 Å². The van der Waals surface area contributed by atoms with E-state index < -0.39 is 20.0 Å². The summed E-state index contributed by atoms with van der Waals surface area (Å²) >= 11 is -2.26. The summed E-state index contributed by atoms with van der Waals surface area (Å²) in [6.45, 7) is 20.0. The summed E-state index contributed by atoms with van der Waals surface area (Å²) in [5.74, 6) is 0. The van der Waals surface area contributed by atoms with Crippen LogP contribution in [0.4, 0.5) is 0 Å². The van der Waals surface area contributed by atoms with Crippen LogP contribution in [0.1, 0.15) is 81.1 Å². The molecule has 0 spiro atoms. The van der Waals surface area contributed by atoms with Gasteiger partial charge in [-0.1, -0.05) is 0 Å². The molecule has 0 rings (SSSR count). The van der Waals surface area contributed by atoms with Crippen molar-refractivity contribution in [3.05, 3.63) is 0 Å². The molecule has 0 radical (unpaired) electrons. The van der Waals surface area contributed by atoms with Gasteiger partial charge in [-0.25, -0.2) is 0 Å². The Labute approximate surface area is 115 Å². The Balaban J connectivity index is 5.51. The van der Waals surface area contributed by atoms with E-state index >= 15 is 0 Å². The van der Waals surface area contributed by atoms with Crippen LogP contribution in [0.5, 0.6) is 0 Å². The maximum absolute atomic E-state index is 2.59. The molecule has 0 nitrogen and oxygen atoms in total. The maximum atomic E-state index is 2.59. The Morgan fingerprint density at radius 3 is 0.824 bits per heavy atom. The summed E-state index contributed by atoms with van der Waals surface area (Å²) in [6.07, 6.45) is 5.67. The van der Waals surface area contributed by atoms with E-state index in [2.05, 4.69) is 55.4 Å². The fourth-order valence-electron chi connectivity index (χ4n) is 4.33. The molecule has 0 aromatic heterocycles. The van der Waals surface area contributed by atoms with E-state index in [1.807, 2.05) is 0 Å². The van der Waals surface area contributed by atoms with Crippen molar-refractivity contribution in [1.82, 2.24) is 0 Å². The summed E-state index contributed by atoms with van der Waals surface area (Å²) in [7, 11) is 0. The molecule has 0 heterocycles. The fourth-order valence-corrected chi connectivity index (χ4v) is 35.4. The van der Waals surface area contributed by atoms with Crippen molar-refractivity contribution in [3.63, 3.8) is 0 Å². The zero-order chi connectivity index (χ0) is 13.6. The summed E-state index contributed by atoms with van der Waals surface area (Å²) in [4.78, 5) is 0. The van der Waals surface area contributed by atoms with Crippen molar-refractivity contribution >= 4 is 0 Å². The number of hydrogen-bond acceptors (Lipinski definition) is 0. The molecule has 0 fully saturated rings. The van der Waals surface area contributed by atoms with Crippen molar-refractivity contribution in [2.24, 2.45) is 0 Å². The zero-order valence-electron chi connectivity index (χ0n) is 13.6. The van der Waals surface area contributed by atoms with Crippen molar-refractivity contribution in [1.29, 1.82) is 0 Å². The molecular formula is C16H36Hf. The van der Waals surface area contributed by atoms with Gasteiger partial charge in [0.25, 0.3) is 0 Å². The first-order valence-corrected chi connectivity index (χ1v) is 16.2. The van der Waals surface area contributed by atoms with Gasteiger partial charge in [-0.2, -0.15) is 0 Å². The van der Waals surface area contributed by atoms with Crippen LogP contribution in [-0.4, -0.2) is 0 Å². The van der Waals surface area contributed by atoms with E-state index in [0.29, 0.717) is 0 Å². The third kappa shape index (κ3) is 3.45. The topological polar surface area (TPSA) is 0 Å². The fraction of sp³-hybridized carbons (Fsp3) is 1.00. The van der Waals surface area contributed by atoms with Gasteiger partial charge in [0.05, 0.1) is 0 Å². The molecule has 0 aromatic rings. The molecule has 17 heavy (non-hydrogen) atoms. The third-order valence-electron chi connectivity index (χ3n) is 5.86. The second-order valence-corrected chi connectivity index (χ2v) is 27.6. The Kier molecular flexibility index (Phi) is 8.54. The predicted octanol–water partition coefficient (Wildman–Crippen LogP) is 7.01. The third-order valence-corrected chi connectivity index (χ3v) is 36.3. The minimum atomic E-state index is -2.26. The first-order chi connectivity index (χ1) is 7.93. The molecule has 0 aliphatic carbocycles. The molecule has 4 unspecified atom stereocenters. The van der Waals surface area contributed by atoms with Crippen LogP contribution in [0.3, 0.4) is 0 Å². The van der Waals surface area contributed by atoms with Gasteiger partial charge in [-0.05, 0) is 0 Å².